The zero-order valence-electron chi connectivity index (χ0n) is 20.3. The number of aliphatic hydroxyl groups is 2. The minimum atomic E-state index is -0.579. The molecule has 2 aliphatic rings. The maximum Gasteiger partial charge on any atom is 0.261 e. The number of rotatable bonds is 9. The van der Waals surface area contributed by atoms with E-state index < -0.39 is 6.29 Å². The molecular weight excluding hydrogens is 490 g/mol. The van der Waals surface area contributed by atoms with E-state index in [4.69, 9.17) is 14.6 Å². The number of carbonyl (C=O) groups excluding carboxylic acids is 2. The van der Waals surface area contributed by atoms with E-state index >= 15 is 0 Å². The van der Waals surface area contributed by atoms with Crippen molar-refractivity contribution in [2.75, 3.05) is 18.1 Å². The van der Waals surface area contributed by atoms with Gasteiger partial charge < -0.3 is 19.7 Å². The Morgan fingerprint density at radius 1 is 0.811 bits per heavy atom. The van der Waals surface area contributed by atoms with Crippen LogP contribution in [-0.2, 0) is 22.6 Å². The number of carbonyl (C=O) groups is 2. The lowest BCUT2D eigenvalue weighted by atomic mass is 10.0. The van der Waals surface area contributed by atoms with Crippen LogP contribution in [0.3, 0.4) is 0 Å². The van der Waals surface area contributed by atoms with Crippen LogP contribution in [-0.4, -0.2) is 51.1 Å². The molecule has 192 valence electrons. The van der Waals surface area contributed by atoms with E-state index in [0.717, 1.165) is 28.0 Å². The van der Waals surface area contributed by atoms with Crippen LogP contribution >= 0.6 is 11.8 Å². The minimum Gasteiger partial charge on any atom is -0.396 e. The van der Waals surface area contributed by atoms with Gasteiger partial charge in [0.1, 0.15) is 0 Å². The number of hydrogen-bond acceptors (Lipinski definition) is 7. The number of aliphatic hydroxyl groups excluding tert-OH is 2. The van der Waals surface area contributed by atoms with Crippen LogP contribution in [0.4, 0.5) is 0 Å². The number of fused-ring (bicyclic) bond motifs is 1. The summed E-state index contributed by atoms with van der Waals surface area (Å²) < 4.78 is 12.6. The van der Waals surface area contributed by atoms with Crippen molar-refractivity contribution in [3.05, 3.63) is 106 Å². The molecule has 0 saturated carbocycles. The Labute approximate surface area is 220 Å². The fourth-order valence-corrected chi connectivity index (χ4v) is 5.42. The number of hydrogen-bond donors (Lipinski definition) is 2. The number of benzene rings is 3. The van der Waals surface area contributed by atoms with Gasteiger partial charge in [0.15, 0.2) is 6.29 Å². The van der Waals surface area contributed by atoms with Crippen molar-refractivity contribution in [3.63, 3.8) is 0 Å². The summed E-state index contributed by atoms with van der Waals surface area (Å²) in [6, 6.07) is 22.2. The predicted molar refractivity (Wildman–Crippen MR) is 140 cm³/mol. The molecule has 1 saturated heterocycles. The molecule has 0 radical (unpaired) electrons. The smallest absolute Gasteiger partial charge is 0.261 e. The Balaban J connectivity index is 1.30. The molecule has 2 amide bonds. The first-order chi connectivity index (χ1) is 18.1. The standard InChI is InChI=1S/C29H29NO6S/c31-13-14-37-18-23-15-26(21-9-7-20(17-32)8-10-21)36-29(35-23)22-11-5-19(6-12-22)16-30-27(33)24-3-1-2-4-25(24)28(30)34/h1-12,23,26,29,31-32H,13-18H2/t23-,26+,29+/m1/s1. The molecule has 2 heterocycles. The van der Waals surface area contributed by atoms with E-state index in [9.17, 15) is 14.7 Å². The maximum atomic E-state index is 12.7. The normalized spacial score (nSPS) is 21.4. The van der Waals surface area contributed by atoms with E-state index in [1.165, 1.54) is 4.90 Å². The topological polar surface area (TPSA) is 96.3 Å². The van der Waals surface area contributed by atoms with Crippen molar-refractivity contribution in [1.29, 1.82) is 0 Å². The highest BCUT2D eigenvalue weighted by Gasteiger charge is 2.35. The molecule has 7 nitrogen and oxygen atoms in total. The van der Waals surface area contributed by atoms with E-state index in [2.05, 4.69) is 0 Å². The summed E-state index contributed by atoms with van der Waals surface area (Å²) >= 11 is 1.64. The summed E-state index contributed by atoms with van der Waals surface area (Å²) in [6.45, 7) is 0.308. The van der Waals surface area contributed by atoms with Gasteiger partial charge in [-0.2, -0.15) is 11.8 Å². The zero-order chi connectivity index (χ0) is 25.8. The highest BCUT2D eigenvalue weighted by Crippen LogP contribution is 2.39. The van der Waals surface area contributed by atoms with Crippen LogP contribution in [0, 0.1) is 0 Å². The molecule has 3 atom stereocenters. The molecule has 0 spiro atoms. The molecule has 1 fully saturated rings. The molecule has 0 unspecified atom stereocenters. The lowest BCUT2D eigenvalue weighted by molar-refractivity contribution is -0.245. The molecule has 2 aliphatic heterocycles. The molecule has 0 aliphatic carbocycles. The summed E-state index contributed by atoms with van der Waals surface area (Å²) in [7, 11) is 0. The minimum absolute atomic E-state index is 0.00890. The van der Waals surface area contributed by atoms with Crippen molar-refractivity contribution >= 4 is 23.6 Å². The van der Waals surface area contributed by atoms with Gasteiger partial charge in [-0.15, -0.1) is 0 Å². The van der Waals surface area contributed by atoms with Gasteiger partial charge in [0.05, 0.1) is 43.1 Å². The Morgan fingerprint density at radius 3 is 2.05 bits per heavy atom. The maximum absolute atomic E-state index is 12.7. The number of imide groups is 1. The molecule has 37 heavy (non-hydrogen) atoms. The molecule has 2 N–H and O–H groups in total. The second-order valence-corrected chi connectivity index (χ2v) is 10.3. The van der Waals surface area contributed by atoms with Gasteiger partial charge in [-0.3, -0.25) is 14.5 Å². The molecule has 3 aromatic carbocycles. The number of amides is 2. The second-order valence-electron chi connectivity index (χ2n) is 9.13. The summed E-state index contributed by atoms with van der Waals surface area (Å²) in [5.41, 5.74) is 4.42. The van der Waals surface area contributed by atoms with Crippen LogP contribution in [0.2, 0.25) is 0 Å². The molecule has 8 heteroatoms. The van der Waals surface area contributed by atoms with Gasteiger partial charge >= 0.3 is 0 Å². The van der Waals surface area contributed by atoms with Crippen molar-refractivity contribution in [1.82, 2.24) is 4.90 Å². The van der Waals surface area contributed by atoms with Crippen LogP contribution in [0.25, 0.3) is 0 Å². The highest BCUT2D eigenvalue weighted by molar-refractivity contribution is 7.99. The fourth-order valence-electron chi connectivity index (χ4n) is 4.65. The van der Waals surface area contributed by atoms with Crippen LogP contribution in [0.5, 0.6) is 0 Å². The van der Waals surface area contributed by atoms with Crippen LogP contribution in [0.15, 0.2) is 72.8 Å². The molecule has 0 aromatic heterocycles. The van der Waals surface area contributed by atoms with E-state index in [1.807, 2.05) is 48.5 Å². The first kappa shape index (κ1) is 25.6. The largest absolute Gasteiger partial charge is 0.396 e. The van der Waals surface area contributed by atoms with E-state index in [1.54, 1.807) is 36.0 Å². The van der Waals surface area contributed by atoms with Gasteiger partial charge in [-0.05, 0) is 28.8 Å². The quantitative estimate of drug-likeness (QED) is 0.322. The van der Waals surface area contributed by atoms with Gasteiger partial charge in [0.25, 0.3) is 11.8 Å². The van der Waals surface area contributed by atoms with Crippen molar-refractivity contribution in [2.45, 2.75) is 38.1 Å². The third-order valence-electron chi connectivity index (χ3n) is 6.63. The Hall–Kier alpha value is -3.01. The van der Waals surface area contributed by atoms with Gasteiger partial charge in [-0.25, -0.2) is 0 Å². The first-order valence-electron chi connectivity index (χ1n) is 12.3. The lowest BCUT2D eigenvalue weighted by Crippen LogP contribution is -2.31. The number of thioether (sulfide) groups is 1. The Bertz CT molecular complexity index is 1210. The van der Waals surface area contributed by atoms with Gasteiger partial charge in [0.2, 0.25) is 0 Å². The fraction of sp³-hybridized carbons (Fsp3) is 0.310. The van der Waals surface area contributed by atoms with Crippen LogP contribution in [0.1, 0.15) is 61.8 Å². The first-order valence-corrected chi connectivity index (χ1v) is 13.5. The Kier molecular flexibility index (Phi) is 8.02. The van der Waals surface area contributed by atoms with Gasteiger partial charge in [-0.1, -0.05) is 60.7 Å². The monoisotopic (exact) mass is 519 g/mol. The van der Waals surface area contributed by atoms with Crippen molar-refractivity contribution < 1.29 is 29.3 Å². The number of ether oxygens (including phenoxy) is 2. The lowest BCUT2D eigenvalue weighted by Gasteiger charge is -2.36. The average Bonchev–Trinajstić information content (AvgIpc) is 3.18. The molecule has 0 bridgehead atoms. The third kappa shape index (κ3) is 5.63. The van der Waals surface area contributed by atoms with E-state index in [-0.39, 0.29) is 43.8 Å². The summed E-state index contributed by atoms with van der Waals surface area (Å²) in [6.07, 6.45) is -0.130. The zero-order valence-corrected chi connectivity index (χ0v) is 21.1. The summed E-state index contributed by atoms with van der Waals surface area (Å²) in [5.74, 6) is 0.834. The average molecular weight is 520 g/mol. The van der Waals surface area contributed by atoms with Crippen molar-refractivity contribution in [3.8, 4) is 0 Å². The SMILES string of the molecule is O=C1c2ccccc2C(=O)N1Cc1ccc([C@H]2O[C@@H](CSCCO)C[C@@H](c3ccc(CO)cc3)O2)cc1. The highest BCUT2D eigenvalue weighted by atomic mass is 32.2. The van der Waals surface area contributed by atoms with Gasteiger partial charge in [0, 0.05) is 23.5 Å². The summed E-state index contributed by atoms with van der Waals surface area (Å²) in [4.78, 5) is 26.7. The Morgan fingerprint density at radius 2 is 1.43 bits per heavy atom. The van der Waals surface area contributed by atoms with Crippen LogP contribution < -0.4 is 0 Å². The number of nitrogens with zero attached hydrogens (tertiary/aromatic N) is 1. The molecule has 3 aromatic rings. The van der Waals surface area contributed by atoms with E-state index in [0.29, 0.717) is 23.3 Å². The molecule has 5 rings (SSSR count). The third-order valence-corrected chi connectivity index (χ3v) is 7.70. The molecular formula is C29H29NO6S. The second kappa shape index (κ2) is 11.6. The van der Waals surface area contributed by atoms with Crippen molar-refractivity contribution in [2.24, 2.45) is 0 Å². The summed E-state index contributed by atoms with van der Waals surface area (Å²) in [5, 5.41) is 18.5. The predicted octanol–water partition coefficient (Wildman–Crippen LogP) is 4.25.